The van der Waals surface area contributed by atoms with Crippen LogP contribution in [0.15, 0.2) is 18.2 Å². The van der Waals surface area contributed by atoms with Gasteiger partial charge in [-0.3, -0.25) is 9.89 Å². The van der Waals surface area contributed by atoms with Crippen LogP contribution in [-0.4, -0.2) is 32.3 Å². The molecule has 0 spiro atoms. The first-order valence-electron chi connectivity index (χ1n) is 6.80. The first-order valence-corrected chi connectivity index (χ1v) is 7.18. The number of carbonyl (C=O) groups excluding carboxylic acids is 1. The number of nitrogens with one attached hydrogen (secondary N) is 2. The van der Waals surface area contributed by atoms with Crippen molar-refractivity contribution >= 4 is 23.5 Å². The molecule has 0 aliphatic carbocycles. The van der Waals surface area contributed by atoms with Crippen LogP contribution >= 0.6 is 11.6 Å². The molecule has 0 fully saturated rings. The normalized spacial score (nSPS) is 12.0. The van der Waals surface area contributed by atoms with Crippen LogP contribution in [0.2, 0.25) is 5.02 Å². The van der Waals surface area contributed by atoms with Crippen LogP contribution in [0, 0.1) is 13.8 Å². The first-order chi connectivity index (χ1) is 10.8. The molecule has 1 aromatic carbocycles. The van der Waals surface area contributed by atoms with Gasteiger partial charge >= 0.3 is 5.97 Å². The van der Waals surface area contributed by atoms with E-state index >= 15 is 0 Å². The maximum Gasteiger partial charge on any atom is 0.331 e. The fourth-order valence-electron chi connectivity index (χ4n) is 2.30. The minimum absolute atomic E-state index is 0.0558. The van der Waals surface area contributed by atoms with E-state index in [1.807, 2.05) is 0 Å². The fourth-order valence-corrected chi connectivity index (χ4v) is 2.50. The second-order valence-corrected chi connectivity index (χ2v) is 5.56. The quantitative estimate of drug-likeness (QED) is 0.664. The summed E-state index contributed by atoms with van der Waals surface area (Å²) in [5.74, 6) is -1.72. The van der Waals surface area contributed by atoms with Crippen molar-refractivity contribution in [1.82, 2.24) is 15.5 Å². The minimum Gasteiger partial charge on any atom is -0.506 e. The number of benzene rings is 1. The standard InChI is InChI=1S/C15H16ClN3O4/c1-7-13(8(2)19-18-7)14(15(22)23)17-12(21)6-9-3-4-11(20)10(16)5-9/h3-5,14,20H,6H2,1-2H3,(H,17,21)(H,18,19)(H,22,23)/t14-/m0/s1. The van der Waals surface area contributed by atoms with E-state index in [9.17, 15) is 19.8 Å². The van der Waals surface area contributed by atoms with Gasteiger partial charge in [0, 0.05) is 11.3 Å². The van der Waals surface area contributed by atoms with Crippen LogP contribution < -0.4 is 5.32 Å². The van der Waals surface area contributed by atoms with E-state index in [2.05, 4.69) is 15.5 Å². The molecule has 0 aliphatic heterocycles. The number of aromatic amines is 1. The number of H-pyrrole nitrogens is 1. The Labute approximate surface area is 137 Å². The van der Waals surface area contributed by atoms with Crippen molar-refractivity contribution in [3.05, 3.63) is 45.7 Å². The summed E-state index contributed by atoms with van der Waals surface area (Å²) in [6, 6.07) is 3.20. The van der Waals surface area contributed by atoms with Gasteiger partial charge in [0.1, 0.15) is 5.75 Å². The number of amides is 1. The molecule has 0 unspecified atom stereocenters. The number of hydrogen-bond acceptors (Lipinski definition) is 4. The van der Waals surface area contributed by atoms with Crippen molar-refractivity contribution in [3.8, 4) is 5.75 Å². The van der Waals surface area contributed by atoms with E-state index in [0.29, 0.717) is 22.5 Å². The zero-order valence-electron chi connectivity index (χ0n) is 12.6. The molecular formula is C15H16ClN3O4. The molecule has 2 aromatic rings. The molecule has 4 N–H and O–H groups in total. The summed E-state index contributed by atoms with van der Waals surface area (Å²) in [4.78, 5) is 23.6. The van der Waals surface area contributed by atoms with E-state index in [0.717, 1.165) is 0 Å². The number of phenolic OH excluding ortho intramolecular Hbond substituents is 1. The van der Waals surface area contributed by atoms with E-state index in [1.165, 1.54) is 12.1 Å². The Balaban J connectivity index is 2.16. The molecule has 2 rings (SSSR count). The third-order valence-corrected chi connectivity index (χ3v) is 3.71. The fraction of sp³-hybridized carbons (Fsp3) is 0.267. The Morgan fingerprint density at radius 3 is 2.61 bits per heavy atom. The Bertz CT molecular complexity index is 738. The SMILES string of the molecule is Cc1n[nH]c(C)c1[C@H](NC(=O)Cc1ccc(O)c(Cl)c1)C(=O)O. The number of aromatic hydroxyl groups is 1. The molecule has 23 heavy (non-hydrogen) atoms. The lowest BCUT2D eigenvalue weighted by Gasteiger charge is -2.15. The van der Waals surface area contributed by atoms with Crippen LogP contribution in [0.5, 0.6) is 5.75 Å². The van der Waals surface area contributed by atoms with Gasteiger partial charge in [0.15, 0.2) is 6.04 Å². The van der Waals surface area contributed by atoms with Gasteiger partial charge < -0.3 is 15.5 Å². The van der Waals surface area contributed by atoms with Crippen molar-refractivity contribution < 1.29 is 19.8 Å². The molecule has 1 aromatic heterocycles. The number of carboxylic acids is 1. The van der Waals surface area contributed by atoms with Crippen molar-refractivity contribution in [1.29, 1.82) is 0 Å². The molecule has 0 aliphatic rings. The van der Waals surface area contributed by atoms with Crippen LogP contribution in [0.3, 0.4) is 0 Å². The third kappa shape index (κ3) is 3.81. The zero-order valence-corrected chi connectivity index (χ0v) is 13.3. The van der Waals surface area contributed by atoms with Gasteiger partial charge in [-0.2, -0.15) is 5.10 Å². The van der Waals surface area contributed by atoms with Gasteiger partial charge in [-0.15, -0.1) is 0 Å². The first kappa shape index (κ1) is 16.8. The minimum atomic E-state index is -1.19. The Morgan fingerprint density at radius 2 is 2.09 bits per heavy atom. The number of halogens is 1. The van der Waals surface area contributed by atoms with Gasteiger partial charge in [-0.05, 0) is 31.5 Å². The largest absolute Gasteiger partial charge is 0.506 e. The summed E-state index contributed by atoms with van der Waals surface area (Å²) >= 11 is 5.79. The lowest BCUT2D eigenvalue weighted by Crippen LogP contribution is -2.35. The summed E-state index contributed by atoms with van der Waals surface area (Å²) in [5.41, 5.74) is 2.11. The predicted molar refractivity (Wildman–Crippen MR) is 83.4 cm³/mol. The second-order valence-electron chi connectivity index (χ2n) is 5.15. The van der Waals surface area contributed by atoms with Crippen LogP contribution in [0.1, 0.15) is 28.6 Å². The number of nitrogens with zero attached hydrogens (tertiary/aromatic N) is 1. The zero-order chi connectivity index (χ0) is 17.1. The molecule has 0 bridgehead atoms. The number of aromatic nitrogens is 2. The maximum absolute atomic E-state index is 12.1. The van der Waals surface area contributed by atoms with Crippen molar-refractivity contribution in [2.24, 2.45) is 0 Å². The van der Waals surface area contributed by atoms with Gasteiger partial charge in [-0.25, -0.2) is 4.79 Å². The van der Waals surface area contributed by atoms with E-state index in [-0.39, 0.29) is 17.2 Å². The topological polar surface area (TPSA) is 115 Å². The average Bonchev–Trinajstić information content (AvgIpc) is 2.79. The van der Waals surface area contributed by atoms with Crippen molar-refractivity contribution in [2.75, 3.05) is 0 Å². The maximum atomic E-state index is 12.1. The Morgan fingerprint density at radius 1 is 1.39 bits per heavy atom. The molecule has 1 atom stereocenters. The highest BCUT2D eigenvalue weighted by atomic mass is 35.5. The van der Waals surface area contributed by atoms with Crippen molar-refractivity contribution in [3.63, 3.8) is 0 Å². The molecule has 0 saturated heterocycles. The van der Waals surface area contributed by atoms with E-state index in [4.69, 9.17) is 11.6 Å². The number of phenols is 1. The highest BCUT2D eigenvalue weighted by Crippen LogP contribution is 2.24. The Hall–Kier alpha value is -2.54. The van der Waals surface area contributed by atoms with Crippen LogP contribution in [0.4, 0.5) is 0 Å². The summed E-state index contributed by atoms with van der Waals surface area (Å²) in [5, 5.41) is 28.0. The average molecular weight is 338 g/mol. The summed E-state index contributed by atoms with van der Waals surface area (Å²) in [6.45, 7) is 3.36. The molecule has 122 valence electrons. The van der Waals surface area contributed by atoms with E-state index < -0.39 is 17.9 Å². The van der Waals surface area contributed by atoms with E-state index in [1.54, 1.807) is 19.9 Å². The second kappa shape index (κ2) is 6.70. The number of aliphatic carboxylic acids is 1. The van der Waals surface area contributed by atoms with Crippen molar-refractivity contribution in [2.45, 2.75) is 26.3 Å². The lowest BCUT2D eigenvalue weighted by molar-refractivity contribution is -0.142. The number of carbonyl (C=O) groups is 2. The van der Waals surface area contributed by atoms with Crippen LogP contribution in [0.25, 0.3) is 0 Å². The number of aryl methyl sites for hydroxylation is 2. The third-order valence-electron chi connectivity index (χ3n) is 3.40. The smallest absolute Gasteiger partial charge is 0.331 e. The molecule has 8 heteroatoms. The molecule has 1 amide bonds. The Kier molecular flexibility index (Phi) is 4.90. The van der Waals surface area contributed by atoms with Crippen LogP contribution in [-0.2, 0) is 16.0 Å². The molecular weight excluding hydrogens is 322 g/mol. The predicted octanol–water partition coefficient (Wildman–Crippen LogP) is 1.87. The van der Waals surface area contributed by atoms with Gasteiger partial charge in [-0.1, -0.05) is 17.7 Å². The molecule has 0 saturated carbocycles. The number of carboxylic acid groups (broad SMARTS) is 1. The molecule has 7 nitrogen and oxygen atoms in total. The van der Waals surface area contributed by atoms with Gasteiger partial charge in [0.2, 0.25) is 5.91 Å². The summed E-state index contributed by atoms with van der Waals surface area (Å²) in [6.07, 6.45) is -0.0558. The van der Waals surface area contributed by atoms with Gasteiger partial charge in [0.25, 0.3) is 0 Å². The summed E-state index contributed by atoms with van der Waals surface area (Å²) < 4.78 is 0. The van der Waals surface area contributed by atoms with Gasteiger partial charge in [0.05, 0.1) is 17.1 Å². The highest BCUT2D eigenvalue weighted by molar-refractivity contribution is 6.32. The highest BCUT2D eigenvalue weighted by Gasteiger charge is 2.27. The lowest BCUT2D eigenvalue weighted by atomic mass is 10.0. The summed E-state index contributed by atoms with van der Waals surface area (Å²) in [7, 11) is 0. The molecule has 1 heterocycles. The number of hydrogen-bond donors (Lipinski definition) is 4. The molecule has 0 radical (unpaired) electrons. The number of rotatable bonds is 5. The monoisotopic (exact) mass is 337 g/mol.